The third-order valence-corrected chi connectivity index (χ3v) is 10.5. The van der Waals surface area contributed by atoms with Gasteiger partial charge in [-0.05, 0) is 50.9 Å². The third-order valence-electron chi connectivity index (χ3n) is 10.5. The number of hydrogen-bond acceptors (Lipinski definition) is 11. The summed E-state index contributed by atoms with van der Waals surface area (Å²) in [7, 11) is 0. The van der Waals surface area contributed by atoms with Gasteiger partial charge in [0.25, 0.3) is 0 Å². The van der Waals surface area contributed by atoms with Crippen molar-refractivity contribution in [3.8, 4) is 0 Å². The largest absolute Gasteiger partial charge is 0.394 e. The highest BCUT2D eigenvalue weighted by Crippen LogP contribution is 2.23. The molecule has 12 heteroatoms. The molecule has 7 N–H and O–H groups in total. The maximum atomic E-state index is 12.9. The Balaban J connectivity index is 1.70. The van der Waals surface area contributed by atoms with E-state index in [0.717, 1.165) is 89.9 Å². The van der Waals surface area contributed by atoms with E-state index in [0.29, 0.717) is 19.4 Å². The van der Waals surface area contributed by atoms with Crippen LogP contribution in [0.15, 0.2) is 0 Å². The average Bonchev–Trinajstić information content (AvgIpc) is 3.14. The lowest BCUT2D eigenvalue weighted by molar-refractivity contribution is -0.303. The Morgan fingerprint density at radius 1 is 0.765 bits per heavy atom. The highest BCUT2D eigenvalue weighted by atomic mass is 16.7. The minimum atomic E-state index is -1.61. The SMILES string of the molecule is CCCCCCCCCCCCCC[C@@H](O)[C@@H](O)[C@H](COC1OC(CO)C(O)C(O)C1O)NC(=O)CCCCCCOCCCC1CCOCC1. The third kappa shape index (κ3) is 20.4. The lowest BCUT2D eigenvalue weighted by atomic mass is 9.95. The maximum absolute atomic E-state index is 12.9. The van der Waals surface area contributed by atoms with E-state index in [1.807, 2.05) is 0 Å². The molecular formula is C39H75NO11. The van der Waals surface area contributed by atoms with Crippen LogP contribution < -0.4 is 5.32 Å². The summed E-state index contributed by atoms with van der Waals surface area (Å²) in [5, 5.41) is 64.9. The molecule has 5 unspecified atom stereocenters. The molecular weight excluding hydrogens is 658 g/mol. The van der Waals surface area contributed by atoms with E-state index in [1.54, 1.807) is 0 Å². The second-order valence-corrected chi connectivity index (χ2v) is 14.9. The number of carbonyl (C=O) groups excluding carboxylic acids is 1. The fourth-order valence-electron chi connectivity index (χ4n) is 7.00. The van der Waals surface area contributed by atoms with Gasteiger partial charge in [0, 0.05) is 32.8 Å². The molecule has 0 spiro atoms. The number of aliphatic hydroxyl groups excluding tert-OH is 6. The highest BCUT2D eigenvalue weighted by Gasteiger charge is 2.44. The van der Waals surface area contributed by atoms with Crippen LogP contribution in [0.25, 0.3) is 0 Å². The zero-order valence-electron chi connectivity index (χ0n) is 31.7. The van der Waals surface area contributed by atoms with Gasteiger partial charge < -0.3 is 54.9 Å². The van der Waals surface area contributed by atoms with Gasteiger partial charge in [0.15, 0.2) is 6.29 Å². The molecule has 302 valence electrons. The van der Waals surface area contributed by atoms with Crippen molar-refractivity contribution in [2.45, 2.75) is 197 Å². The molecule has 0 aliphatic carbocycles. The number of ether oxygens (including phenoxy) is 4. The molecule has 0 radical (unpaired) electrons. The van der Waals surface area contributed by atoms with Crippen molar-refractivity contribution < 1.29 is 54.4 Å². The fraction of sp³-hybridized carbons (Fsp3) is 0.974. The van der Waals surface area contributed by atoms with Gasteiger partial charge in [-0.2, -0.15) is 0 Å². The van der Waals surface area contributed by atoms with Crippen molar-refractivity contribution in [3.63, 3.8) is 0 Å². The normalized spacial score (nSPS) is 24.7. The van der Waals surface area contributed by atoms with Crippen LogP contribution in [0.4, 0.5) is 0 Å². The van der Waals surface area contributed by atoms with Crippen LogP contribution in [0.3, 0.4) is 0 Å². The molecule has 2 aliphatic heterocycles. The van der Waals surface area contributed by atoms with Gasteiger partial charge in [0.05, 0.1) is 25.4 Å². The van der Waals surface area contributed by atoms with Gasteiger partial charge in [0.1, 0.15) is 30.5 Å². The number of carbonyl (C=O) groups is 1. The zero-order valence-corrected chi connectivity index (χ0v) is 31.7. The Bertz CT molecular complexity index is 831. The standard InChI is InChI=1S/C39H75NO11/c1-2-3-4-5-6-7-8-9-10-11-12-15-20-32(42)35(44)31(29-50-39-38(47)37(46)36(45)33(28-41)51-39)40-34(43)21-16-13-14-17-24-48-25-18-19-30-22-26-49-27-23-30/h30-33,35-39,41-42,44-47H,2-29H2,1H3,(H,40,43)/t31-,32+,33?,35-,36?,37?,38?,39?/m0/s1. The van der Waals surface area contributed by atoms with Gasteiger partial charge in [0.2, 0.25) is 5.91 Å². The first-order valence-corrected chi connectivity index (χ1v) is 20.5. The molecule has 2 rings (SSSR count). The number of hydrogen-bond donors (Lipinski definition) is 7. The predicted octanol–water partition coefficient (Wildman–Crippen LogP) is 4.27. The van der Waals surface area contributed by atoms with Crippen LogP contribution in [-0.2, 0) is 23.7 Å². The molecule has 2 aliphatic rings. The summed E-state index contributed by atoms with van der Waals surface area (Å²) >= 11 is 0. The molecule has 2 heterocycles. The fourth-order valence-corrected chi connectivity index (χ4v) is 7.00. The van der Waals surface area contributed by atoms with E-state index in [4.69, 9.17) is 18.9 Å². The van der Waals surface area contributed by atoms with Gasteiger partial charge in [-0.1, -0.05) is 96.8 Å². The van der Waals surface area contributed by atoms with E-state index in [9.17, 15) is 35.4 Å². The van der Waals surface area contributed by atoms with Gasteiger partial charge >= 0.3 is 0 Å². The summed E-state index contributed by atoms with van der Waals surface area (Å²) in [5.74, 6) is 0.467. The predicted molar refractivity (Wildman–Crippen MR) is 196 cm³/mol. The molecule has 12 nitrogen and oxygen atoms in total. The smallest absolute Gasteiger partial charge is 0.220 e. The number of amides is 1. The molecule has 0 aromatic heterocycles. The zero-order chi connectivity index (χ0) is 37.1. The van der Waals surface area contributed by atoms with Gasteiger partial charge in [-0.15, -0.1) is 0 Å². The number of unbranched alkanes of at least 4 members (excludes halogenated alkanes) is 14. The van der Waals surface area contributed by atoms with Crippen LogP contribution in [0.5, 0.6) is 0 Å². The molecule has 2 saturated heterocycles. The van der Waals surface area contributed by atoms with Crippen molar-refractivity contribution in [2.24, 2.45) is 5.92 Å². The van der Waals surface area contributed by atoms with Crippen LogP contribution >= 0.6 is 0 Å². The van der Waals surface area contributed by atoms with Gasteiger partial charge in [-0.25, -0.2) is 0 Å². The summed E-state index contributed by atoms with van der Waals surface area (Å²) in [6, 6.07) is -1.01. The van der Waals surface area contributed by atoms with Crippen molar-refractivity contribution >= 4 is 5.91 Å². The Kier molecular flexibility index (Phi) is 26.7. The number of aliphatic hydroxyl groups is 6. The summed E-state index contributed by atoms with van der Waals surface area (Å²) in [6.07, 6.45) is 13.1. The van der Waals surface area contributed by atoms with E-state index < -0.39 is 55.6 Å². The molecule has 2 fully saturated rings. The van der Waals surface area contributed by atoms with E-state index in [2.05, 4.69) is 12.2 Å². The lowest BCUT2D eigenvalue weighted by Gasteiger charge is -2.40. The van der Waals surface area contributed by atoms with Crippen molar-refractivity contribution in [1.29, 1.82) is 0 Å². The van der Waals surface area contributed by atoms with Crippen LogP contribution in [-0.4, -0.2) is 125 Å². The topological polar surface area (TPSA) is 187 Å². The summed E-state index contributed by atoms with van der Waals surface area (Å²) < 4.78 is 22.3. The minimum Gasteiger partial charge on any atom is -0.394 e. The van der Waals surface area contributed by atoms with Gasteiger partial charge in [-0.3, -0.25) is 4.79 Å². The molecule has 0 bridgehead atoms. The first-order chi connectivity index (χ1) is 24.8. The number of nitrogens with one attached hydrogen (secondary N) is 1. The van der Waals surface area contributed by atoms with Crippen molar-refractivity contribution in [3.05, 3.63) is 0 Å². The van der Waals surface area contributed by atoms with Crippen molar-refractivity contribution in [1.82, 2.24) is 5.32 Å². The minimum absolute atomic E-state index is 0.240. The highest BCUT2D eigenvalue weighted by molar-refractivity contribution is 5.76. The molecule has 0 aromatic carbocycles. The first-order valence-electron chi connectivity index (χ1n) is 20.5. The first kappa shape index (κ1) is 46.2. The van der Waals surface area contributed by atoms with Crippen LogP contribution in [0, 0.1) is 5.92 Å². The van der Waals surface area contributed by atoms with E-state index in [1.165, 1.54) is 57.8 Å². The molecule has 51 heavy (non-hydrogen) atoms. The summed E-state index contributed by atoms with van der Waals surface area (Å²) in [6.45, 7) is 4.55. The summed E-state index contributed by atoms with van der Waals surface area (Å²) in [5.41, 5.74) is 0. The molecule has 0 aromatic rings. The van der Waals surface area contributed by atoms with Crippen LogP contribution in [0.2, 0.25) is 0 Å². The van der Waals surface area contributed by atoms with Crippen molar-refractivity contribution in [2.75, 3.05) is 39.6 Å². The Labute approximate surface area is 308 Å². The monoisotopic (exact) mass is 734 g/mol. The molecule has 1 amide bonds. The quantitative estimate of drug-likeness (QED) is 0.0505. The summed E-state index contributed by atoms with van der Waals surface area (Å²) in [4.78, 5) is 12.9. The Morgan fingerprint density at radius 3 is 2.00 bits per heavy atom. The van der Waals surface area contributed by atoms with Crippen LogP contribution in [0.1, 0.15) is 148 Å². The number of rotatable bonds is 31. The molecule has 8 atom stereocenters. The maximum Gasteiger partial charge on any atom is 0.220 e. The second kappa shape index (κ2) is 29.4. The Morgan fingerprint density at radius 2 is 1.35 bits per heavy atom. The molecule has 0 saturated carbocycles. The average molecular weight is 734 g/mol. The van der Waals surface area contributed by atoms with E-state index >= 15 is 0 Å². The second-order valence-electron chi connectivity index (χ2n) is 14.9. The Hall–Kier alpha value is -0.930. The lowest BCUT2D eigenvalue weighted by Crippen LogP contribution is -2.60. The van der Waals surface area contributed by atoms with E-state index in [-0.39, 0.29) is 18.9 Å².